The summed E-state index contributed by atoms with van der Waals surface area (Å²) in [6, 6.07) is 18.4. The van der Waals surface area contributed by atoms with Gasteiger partial charge in [0.2, 0.25) is 0 Å². The lowest BCUT2D eigenvalue weighted by molar-refractivity contribution is -0.0969. The number of nitrogens with one attached hydrogen (secondary N) is 1. The first-order valence-corrected chi connectivity index (χ1v) is 10.1. The molecule has 0 radical (unpaired) electrons. The number of benzene rings is 2. The Labute approximate surface area is 162 Å². The predicted octanol–water partition coefficient (Wildman–Crippen LogP) is 4.96. The minimum atomic E-state index is -0.0231. The fourth-order valence-corrected chi connectivity index (χ4v) is 4.91. The Morgan fingerprint density at radius 1 is 1.11 bits per heavy atom. The molecule has 6 heteroatoms. The molecule has 1 aliphatic heterocycles. The van der Waals surface area contributed by atoms with Crippen molar-refractivity contribution >= 4 is 23.1 Å². The summed E-state index contributed by atoms with van der Waals surface area (Å²) in [4.78, 5) is 14.9. The topological polar surface area (TPSA) is 58.1 Å². The number of amides is 2. The molecular weight excluding hydrogens is 356 g/mol. The first kappa shape index (κ1) is 16.4. The van der Waals surface area contributed by atoms with Crippen LogP contribution in [0, 0.1) is 5.41 Å². The fourth-order valence-electron chi connectivity index (χ4n) is 4.35. The monoisotopic (exact) mass is 376 g/mol. The average Bonchev–Trinajstić information content (AvgIpc) is 3.16. The van der Waals surface area contributed by atoms with Gasteiger partial charge in [-0.05, 0) is 42.7 Å². The lowest BCUT2D eigenvalue weighted by atomic mass is 9.56. The molecule has 1 spiro atoms. The Kier molecular flexibility index (Phi) is 3.93. The van der Waals surface area contributed by atoms with Crippen molar-refractivity contribution in [3.63, 3.8) is 0 Å². The molecule has 1 saturated carbocycles. The zero-order chi connectivity index (χ0) is 18.3. The molecule has 2 aliphatic rings. The van der Waals surface area contributed by atoms with Crippen LogP contribution in [-0.4, -0.2) is 27.7 Å². The van der Waals surface area contributed by atoms with Gasteiger partial charge in [0.15, 0.2) is 0 Å². The van der Waals surface area contributed by atoms with Gasteiger partial charge in [-0.15, -0.1) is 10.2 Å². The van der Waals surface area contributed by atoms with E-state index in [1.54, 1.807) is 5.51 Å². The molecule has 3 aromatic rings. The van der Waals surface area contributed by atoms with Gasteiger partial charge in [-0.25, -0.2) is 4.79 Å². The highest BCUT2D eigenvalue weighted by Gasteiger charge is 2.57. The Balaban J connectivity index is 1.32. The highest BCUT2D eigenvalue weighted by Crippen LogP contribution is 2.60. The maximum Gasteiger partial charge on any atom is 0.322 e. The van der Waals surface area contributed by atoms with Crippen LogP contribution in [0.1, 0.15) is 30.9 Å². The van der Waals surface area contributed by atoms with Crippen LogP contribution in [0.3, 0.4) is 0 Å². The van der Waals surface area contributed by atoms with E-state index in [2.05, 4.69) is 39.8 Å². The molecule has 1 aliphatic carbocycles. The minimum Gasteiger partial charge on any atom is -0.316 e. The smallest absolute Gasteiger partial charge is 0.316 e. The number of carbonyl (C=O) groups is 1. The predicted molar refractivity (Wildman–Crippen MR) is 107 cm³/mol. The van der Waals surface area contributed by atoms with E-state index < -0.39 is 0 Å². The number of aromatic nitrogens is 2. The standard InChI is InChI=1S/C21H20N4OS/c26-20(23-17-9-7-16(8-10-17)19-24-22-14-27-19)25-13-21(11-4-12-21)18(25)15-5-2-1-3-6-15/h1-3,5-10,14,18H,4,11-13H2,(H,23,26). The zero-order valence-corrected chi connectivity index (χ0v) is 15.7. The molecule has 2 amide bonds. The molecule has 1 unspecified atom stereocenters. The normalized spacial score (nSPS) is 20.0. The van der Waals surface area contributed by atoms with E-state index in [9.17, 15) is 4.79 Å². The highest BCUT2D eigenvalue weighted by atomic mass is 32.1. The Morgan fingerprint density at radius 2 is 1.89 bits per heavy atom. The number of likely N-dealkylation sites (tertiary alicyclic amines) is 1. The van der Waals surface area contributed by atoms with Gasteiger partial charge in [0.1, 0.15) is 10.5 Å². The first-order chi connectivity index (χ1) is 13.3. The molecule has 1 atom stereocenters. The van der Waals surface area contributed by atoms with E-state index >= 15 is 0 Å². The largest absolute Gasteiger partial charge is 0.322 e. The molecular formula is C21H20N4OS. The third-order valence-electron chi connectivity index (χ3n) is 5.85. The Hall–Kier alpha value is -2.73. The van der Waals surface area contributed by atoms with Gasteiger partial charge in [-0.2, -0.15) is 0 Å². The third-order valence-corrected chi connectivity index (χ3v) is 6.59. The van der Waals surface area contributed by atoms with Crippen molar-refractivity contribution in [2.45, 2.75) is 25.3 Å². The van der Waals surface area contributed by atoms with Crippen molar-refractivity contribution in [1.82, 2.24) is 15.1 Å². The summed E-state index contributed by atoms with van der Waals surface area (Å²) in [5, 5.41) is 11.9. The molecule has 1 N–H and O–H groups in total. The number of hydrogen-bond acceptors (Lipinski definition) is 4. The minimum absolute atomic E-state index is 0.0231. The summed E-state index contributed by atoms with van der Waals surface area (Å²) in [7, 11) is 0. The fraction of sp³-hybridized carbons (Fsp3) is 0.286. The van der Waals surface area contributed by atoms with Crippen molar-refractivity contribution in [2.75, 3.05) is 11.9 Å². The number of nitrogens with zero attached hydrogens (tertiary/aromatic N) is 3. The maximum atomic E-state index is 12.9. The van der Waals surface area contributed by atoms with Gasteiger partial charge in [0.05, 0.1) is 6.04 Å². The quantitative estimate of drug-likeness (QED) is 0.702. The van der Waals surface area contributed by atoms with E-state index in [1.165, 1.54) is 36.2 Å². The van der Waals surface area contributed by atoms with Crippen molar-refractivity contribution in [2.24, 2.45) is 5.41 Å². The number of rotatable bonds is 3. The zero-order valence-electron chi connectivity index (χ0n) is 14.8. The van der Waals surface area contributed by atoms with E-state index in [-0.39, 0.29) is 12.1 Å². The lowest BCUT2D eigenvalue weighted by Crippen LogP contribution is -2.64. The number of anilines is 1. The van der Waals surface area contributed by atoms with Crippen LogP contribution in [-0.2, 0) is 0 Å². The lowest BCUT2D eigenvalue weighted by Gasteiger charge is -2.62. The van der Waals surface area contributed by atoms with Crippen LogP contribution in [0.4, 0.5) is 10.5 Å². The number of hydrogen-bond donors (Lipinski definition) is 1. The first-order valence-electron chi connectivity index (χ1n) is 9.24. The van der Waals surface area contributed by atoms with Crippen molar-refractivity contribution in [1.29, 1.82) is 0 Å². The van der Waals surface area contributed by atoms with Gasteiger partial charge in [0.25, 0.3) is 0 Å². The second kappa shape index (κ2) is 6.46. The second-order valence-corrected chi connectivity index (χ2v) is 8.24. The van der Waals surface area contributed by atoms with Crippen molar-refractivity contribution in [3.8, 4) is 10.6 Å². The maximum absolute atomic E-state index is 12.9. The molecule has 5 rings (SSSR count). The van der Waals surface area contributed by atoms with Crippen LogP contribution in [0.2, 0.25) is 0 Å². The summed E-state index contributed by atoms with van der Waals surface area (Å²) in [5.74, 6) is 0. The summed E-state index contributed by atoms with van der Waals surface area (Å²) < 4.78 is 0. The SMILES string of the molecule is O=C(Nc1ccc(-c2nncs2)cc1)N1CC2(CCC2)C1c1ccccc1. The van der Waals surface area contributed by atoms with Gasteiger partial charge in [-0.3, -0.25) is 0 Å². The summed E-state index contributed by atoms with van der Waals surface area (Å²) in [5.41, 5.74) is 5.06. The Morgan fingerprint density at radius 3 is 2.52 bits per heavy atom. The Bertz CT molecular complexity index is 936. The molecule has 1 saturated heterocycles. The summed E-state index contributed by atoms with van der Waals surface area (Å²) in [6.07, 6.45) is 3.70. The molecule has 27 heavy (non-hydrogen) atoms. The number of urea groups is 1. The van der Waals surface area contributed by atoms with Gasteiger partial charge in [0, 0.05) is 23.2 Å². The summed E-state index contributed by atoms with van der Waals surface area (Å²) >= 11 is 1.50. The van der Waals surface area contributed by atoms with Crippen LogP contribution in [0.5, 0.6) is 0 Å². The highest BCUT2D eigenvalue weighted by molar-refractivity contribution is 7.12. The second-order valence-electron chi connectivity index (χ2n) is 7.41. The molecule has 2 aromatic carbocycles. The van der Waals surface area contributed by atoms with Crippen molar-refractivity contribution < 1.29 is 4.79 Å². The van der Waals surface area contributed by atoms with E-state index in [1.807, 2.05) is 35.2 Å². The summed E-state index contributed by atoms with van der Waals surface area (Å²) in [6.45, 7) is 0.848. The van der Waals surface area contributed by atoms with Crippen molar-refractivity contribution in [3.05, 3.63) is 65.7 Å². The molecule has 0 bridgehead atoms. The van der Waals surface area contributed by atoms with Gasteiger partial charge < -0.3 is 10.2 Å². The van der Waals surface area contributed by atoms with E-state index in [4.69, 9.17) is 0 Å². The molecule has 1 aromatic heterocycles. The van der Waals surface area contributed by atoms with Crippen LogP contribution >= 0.6 is 11.3 Å². The molecule has 2 fully saturated rings. The average molecular weight is 376 g/mol. The van der Waals surface area contributed by atoms with E-state index in [0.29, 0.717) is 5.41 Å². The van der Waals surface area contributed by atoms with Crippen LogP contribution in [0.25, 0.3) is 10.6 Å². The van der Waals surface area contributed by atoms with Crippen LogP contribution in [0.15, 0.2) is 60.1 Å². The molecule has 5 nitrogen and oxygen atoms in total. The molecule has 136 valence electrons. The van der Waals surface area contributed by atoms with Crippen LogP contribution < -0.4 is 5.32 Å². The van der Waals surface area contributed by atoms with Gasteiger partial charge >= 0.3 is 6.03 Å². The molecule has 2 heterocycles. The third kappa shape index (κ3) is 2.80. The number of carbonyl (C=O) groups excluding carboxylic acids is 1. The van der Waals surface area contributed by atoms with E-state index in [0.717, 1.165) is 22.8 Å². The van der Waals surface area contributed by atoms with Gasteiger partial charge in [-0.1, -0.05) is 48.1 Å².